The fourth-order valence-corrected chi connectivity index (χ4v) is 1.63. The van der Waals surface area contributed by atoms with Crippen molar-refractivity contribution in [1.82, 2.24) is 4.98 Å². The van der Waals surface area contributed by atoms with E-state index in [4.69, 9.17) is 5.11 Å². The summed E-state index contributed by atoms with van der Waals surface area (Å²) in [7, 11) is 0. The molecule has 1 heterocycles. The minimum Gasteiger partial charge on any atom is -0.476 e. The topological polar surface area (TPSA) is 59.4 Å². The zero-order valence-corrected chi connectivity index (χ0v) is 10.3. The molecule has 1 aromatic heterocycles. The summed E-state index contributed by atoms with van der Waals surface area (Å²) in [5.74, 6) is -3.39. The Morgan fingerprint density at radius 2 is 2.00 bits per heavy atom. The highest BCUT2D eigenvalue weighted by atomic mass is 127. The molecule has 0 fully saturated rings. The van der Waals surface area contributed by atoms with Gasteiger partial charge in [0.2, 0.25) is 0 Å². The number of ether oxygens (including phenoxy) is 1. The third-order valence-corrected chi connectivity index (χ3v) is 2.18. The van der Waals surface area contributed by atoms with Crippen molar-refractivity contribution >= 4 is 28.6 Å². The van der Waals surface area contributed by atoms with E-state index in [9.17, 15) is 26.7 Å². The van der Waals surface area contributed by atoms with Gasteiger partial charge in [-0.25, -0.2) is 18.6 Å². The summed E-state index contributed by atoms with van der Waals surface area (Å²) in [6.07, 6.45) is -8.61. The third-order valence-electron chi connectivity index (χ3n) is 1.63. The molecule has 100 valence electrons. The summed E-state index contributed by atoms with van der Waals surface area (Å²) in [6, 6.07) is 0.624. The van der Waals surface area contributed by atoms with Gasteiger partial charge in [-0.2, -0.15) is 0 Å². The molecule has 0 aliphatic heterocycles. The van der Waals surface area contributed by atoms with Crippen molar-refractivity contribution in [1.29, 1.82) is 0 Å². The number of aromatic carboxylic acids is 1. The van der Waals surface area contributed by atoms with Crippen molar-refractivity contribution in [2.75, 3.05) is 0 Å². The molecule has 1 aromatic rings. The van der Waals surface area contributed by atoms with Crippen molar-refractivity contribution in [3.05, 3.63) is 21.0 Å². The highest BCUT2D eigenvalue weighted by Crippen LogP contribution is 2.35. The largest absolute Gasteiger partial charge is 0.573 e. The Balaban J connectivity index is 3.46. The molecule has 0 saturated heterocycles. The van der Waals surface area contributed by atoms with E-state index in [1.165, 1.54) is 22.6 Å². The normalized spacial score (nSPS) is 11.7. The van der Waals surface area contributed by atoms with Crippen LogP contribution in [0.25, 0.3) is 0 Å². The maximum absolute atomic E-state index is 12.6. The smallest absolute Gasteiger partial charge is 0.476 e. The molecule has 0 bridgehead atoms. The predicted octanol–water partition coefficient (Wildman–Crippen LogP) is 3.22. The average Bonchev–Trinajstić information content (AvgIpc) is 2.17. The number of hydrogen-bond acceptors (Lipinski definition) is 3. The van der Waals surface area contributed by atoms with Gasteiger partial charge < -0.3 is 9.84 Å². The van der Waals surface area contributed by atoms with Gasteiger partial charge in [-0.3, -0.25) is 0 Å². The molecule has 10 heteroatoms. The standard InChI is InChI=1S/C8H3F5INO3/c9-6(10)2-1-3(14)15-4(7(16)17)5(2)18-8(11,12)13/h1,6H,(H,16,17). The van der Waals surface area contributed by atoms with Crippen molar-refractivity contribution < 1.29 is 36.6 Å². The van der Waals surface area contributed by atoms with E-state index < -0.39 is 35.8 Å². The van der Waals surface area contributed by atoms with E-state index >= 15 is 0 Å². The SMILES string of the molecule is O=C(O)c1nc(I)cc(C(F)F)c1OC(F)(F)F. The molecule has 0 saturated carbocycles. The average molecular weight is 383 g/mol. The van der Waals surface area contributed by atoms with Gasteiger partial charge in [0.25, 0.3) is 6.43 Å². The second-order valence-electron chi connectivity index (χ2n) is 2.87. The van der Waals surface area contributed by atoms with E-state index in [2.05, 4.69) is 9.72 Å². The fourth-order valence-electron chi connectivity index (χ4n) is 1.05. The molecule has 0 aliphatic carbocycles. The van der Waals surface area contributed by atoms with E-state index in [1.54, 1.807) is 0 Å². The number of rotatable bonds is 3. The lowest BCUT2D eigenvalue weighted by Gasteiger charge is -2.14. The Bertz CT molecular complexity index is 477. The lowest BCUT2D eigenvalue weighted by molar-refractivity contribution is -0.275. The number of carboxylic acid groups (broad SMARTS) is 1. The Hall–Kier alpha value is -1.20. The van der Waals surface area contributed by atoms with Crippen LogP contribution in [-0.2, 0) is 0 Å². The van der Waals surface area contributed by atoms with E-state index in [-0.39, 0.29) is 3.70 Å². The zero-order valence-electron chi connectivity index (χ0n) is 8.13. The molecule has 1 N–H and O–H groups in total. The minimum atomic E-state index is -5.29. The summed E-state index contributed by atoms with van der Waals surface area (Å²) >= 11 is 1.41. The zero-order chi connectivity index (χ0) is 14.1. The van der Waals surface area contributed by atoms with Crippen LogP contribution in [0.1, 0.15) is 22.5 Å². The molecule has 0 spiro atoms. The van der Waals surface area contributed by atoms with Gasteiger partial charge in [-0.15, -0.1) is 13.2 Å². The molecule has 0 amide bonds. The molecule has 0 unspecified atom stereocenters. The van der Waals surface area contributed by atoms with Crippen LogP contribution < -0.4 is 4.74 Å². The quantitative estimate of drug-likeness (QED) is 0.495. The van der Waals surface area contributed by atoms with Gasteiger partial charge in [0.05, 0.1) is 5.56 Å². The van der Waals surface area contributed by atoms with Gasteiger partial charge in [-0.05, 0) is 28.7 Å². The molecular formula is C8H3F5INO3. The monoisotopic (exact) mass is 383 g/mol. The van der Waals surface area contributed by atoms with Crippen LogP contribution in [0.3, 0.4) is 0 Å². The number of hydrogen-bond donors (Lipinski definition) is 1. The second-order valence-corrected chi connectivity index (χ2v) is 3.97. The Labute approximate surface area is 110 Å². The van der Waals surface area contributed by atoms with E-state index in [1.807, 2.05) is 0 Å². The Morgan fingerprint density at radius 1 is 1.44 bits per heavy atom. The first kappa shape index (κ1) is 14.9. The summed E-state index contributed by atoms with van der Waals surface area (Å²) in [6.45, 7) is 0. The van der Waals surface area contributed by atoms with Crippen LogP contribution in [0.5, 0.6) is 5.75 Å². The predicted molar refractivity (Wildman–Crippen MR) is 55.6 cm³/mol. The van der Waals surface area contributed by atoms with Crippen LogP contribution in [0.15, 0.2) is 6.07 Å². The number of alkyl halides is 5. The van der Waals surface area contributed by atoms with Gasteiger partial charge >= 0.3 is 12.3 Å². The van der Waals surface area contributed by atoms with E-state index in [0.717, 1.165) is 0 Å². The highest BCUT2D eigenvalue weighted by Gasteiger charge is 2.36. The molecule has 0 radical (unpaired) electrons. The first-order valence-electron chi connectivity index (χ1n) is 4.09. The maximum atomic E-state index is 12.6. The fraction of sp³-hybridized carbons (Fsp3) is 0.250. The van der Waals surface area contributed by atoms with E-state index in [0.29, 0.717) is 6.07 Å². The molecule has 4 nitrogen and oxygen atoms in total. The lowest BCUT2D eigenvalue weighted by Crippen LogP contribution is -2.21. The number of nitrogens with zero attached hydrogens (tertiary/aromatic N) is 1. The van der Waals surface area contributed by atoms with Crippen LogP contribution in [0, 0.1) is 3.70 Å². The number of carbonyl (C=O) groups is 1. The van der Waals surface area contributed by atoms with Crippen molar-refractivity contribution in [3.8, 4) is 5.75 Å². The molecule has 0 aromatic carbocycles. The lowest BCUT2D eigenvalue weighted by atomic mass is 10.2. The number of pyridine rings is 1. The molecular weight excluding hydrogens is 380 g/mol. The molecule has 0 aliphatic rings. The second kappa shape index (κ2) is 5.20. The van der Waals surface area contributed by atoms with Gasteiger partial charge in [0, 0.05) is 0 Å². The van der Waals surface area contributed by atoms with Crippen LogP contribution >= 0.6 is 22.6 Å². The van der Waals surface area contributed by atoms with Gasteiger partial charge in [-0.1, -0.05) is 0 Å². The minimum absolute atomic E-state index is 0.185. The van der Waals surface area contributed by atoms with Crippen molar-refractivity contribution in [3.63, 3.8) is 0 Å². The maximum Gasteiger partial charge on any atom is 0.573 e. The Kier molecular flexibility index (Phi) is 4.29. The molecule has 18 heavy (non-hydrogen) atoms. The number of carboxylic acids is 1. The molecule has 0 atom stereocenters. The number of halogens is 6. The van der Waals surface area contributed by atoms with Crippen LogP contribution in [0.4, 0.5) is 22.0 Å². The summed E-state index contributed by atoms with van der Waals surface area (Å²) in [4.78, 5) is 13.9. The summed E-state index contributed by atoms with van der Waals surface area (Å²) in [5.41, 5.74) is -2.39. The number of aromatic nitrogens is 1. The third kappa shape index (κ3) is 3.65. The highest BCUT2D eigenvalue weighted by molar-refractivity contribution is 14.1. The first-order chi connectivity index (χ1) is 8.11. The molecule has 1 rings (SSSR count). The van der Waals surface area contributed by atoms with Crippen molar-refractivity contribution in [2.45, 2.75) is 12.8 Å². The van der Waals surface area contributed by atoms with Crippen molar-refractivity contribution in [2.24, 2.45) is 0 Å². The van der Waals surface area contributed by atoms with Crippen LogP contribution in [-0.4, -0.2) is 22.4 Å². The Morgan fingerprint density at radius 3 is 2.39 bits per heavy atom. The summed E-state index contributed by atoms with van der Waals surface area (Å²) in [5, 5.41) is 8.64. The van der Waals surface area contributed by atoms with Gasteiger partial charge in [0.1, 0.15) is 3.70 Å². The van der Waals surface area contributed by atoms with Gasteiger partial charge in [0.15, 0.2) is 11.4 Å². The first-order valence-corrected chi connectivity index (χ1v) is 5.17. The van der Waals surface area contributed by atoms with Crippen LogP contribution in [0.2, 0.25) is 0 Å². The summed E-state index contributed by atoms with van der Waals surface area (Å²) < 4.78 is 64.4.